The number of rotatable bonds is 3. The summed E-state index contributed by atoms with van der Waals surface area (Å²) >= 11 is 1.72. The summed E-state index contributed by atoms with van der Waals surface area (Å²) in [4.78, 5) is 5.74. The van der Waals surface area contributed by atoms with Gasteiger partial charge >= 0.3 is 0 Å². The van der Waals surface area contributed by atoms with Crippen LogP contribution in [0.1, 0.15) is 41.8 Å². The highest BCUT2D eigenvalue weighted by Crippen LogP contribution is 2.32. The van der Waals surface area contributed by atoms with E-state index >= 15 is 0 Å². The molecule has 0 radical (unpaired) electrons. The molecule has 1 aliphatic rings. The van der Waals surface area contributed by atoms with Gasteiger partial charge in [-0.15, -0.1) is 11.3 Å². The average molecular weight is 249 g/mol. The van der Waals surface area contributed by atoms with Gasteiger partial charge in [-0.3, -0.25) is 0 Å². The summed E-state index contributed by atoms with van der Waals surface area (Å²) in [5.41, 5.74) is 5.89. The summed E-state index contributed by atoms with van der Waals surface area (Å²) in [6.45, 7) is 0. The number of hydrogen-bond acceptors (Lipinski definition) is 5. The summed E-state index contributed by atoms with van der Waals surface area (Å²) in [5, 5.41) is 6.10. The molecule has 17 heavy (non-hydrogen) atoms. The highest BCUT2D eigenvalue weighted by molar-refractivity contribution is 7.09. The van der Waals surface area contributed by atoms with E-state index in [9.17, 15) is 0 Å². The standard InChI is InChI=1S/C12H15N3OS/c13-9-4-3-8(6-9)12-14-11(15-16-12)7-10-2-1-5-17-10/h1-2,5,8-9H,3-4,6-7,13H2/t8-,9+/m1/s1. The van der Waals surface area contributed by atoms with E-state index in [0.29, 0.717) is 12.0 Å². The van der Waals surface area contributed by atoms with Crippen molar-refractivity contribution in [1.82, 2.24) is 10.1 Å². The summed E-state index contributed by atoms with van der Waals surface area (Å²) < 4.78 is 5.33. The maximum Gasteiger partial charge on any atom is 0.229 e. The number of nitrogens with two attached hydrogens (primary N) is 1. The third-order valence-electron chi connectivity index (χ3n) is 3.22. The third-order valence-corrected chi connectivity index (χ3v) is 4.10. The largest absolute Gasteiger partial charge is 0.339 e. The van der Waals surface area contributed by atoms with Gasteiger partial charge in [-0.25, -0.2) is 0 Å². The molecule has 2 heterocycles. The van der Waals surface area contributed by atoms with Crippen molar-refractivity contribution in [1.29, 1.82) is 0 Å². The number of nitrogens with zero attached hydrogens (tertiary/aromatic N) is 2. The Balaban J connectivity index is 1.70. The second-order valence-electron chi connectivity index (χ2n) is 4.58. The maximum atomic E-state index is 5.89. The molecule has 1 saturated carbocycles. The summed E-state index contributed by atoms with van der Waals surface area (Å²) in [7, 11) is 0. The van der Waals surface area contributed by atoms with Crippen LogP contribution in [0.15, 0.2) is 22.0 Å². The lowest BCUT2D eigenvalue weighted by Gasteiger charge is -2.01. The quantitative estimate of drug-likeness (QED) is 0.906. The summed E-state index contributed by atoms with van der Waals surface area (Å²) in [5.74, 6) is 1.92. The van der Waals surface area contributed by atoms with Crippen LogP contribution in [-0.2, 0) is 6.42 Å². The molecule has 2 aromatic heterocycles. The van der Waals surface area contributed by atoms with Crippen molar-refractivity contribution in [3.8, 4) is 0 Å². The molecule has 1 fully saturated rings. The van der Waals surface area contributed by atoms with E-state index in [1.165, 1.54) is 4.88 Å². The molecule has 0 aromatic carbocycles. The van der Waals surface area contributed by atoms with Gasteiger partial charge in [0.05, 0.1) is 0 Å². The van der Waals surface area contributed by atoms with Crippen LogP contribution >= 0.6 is 11.3 Å². The zero-order chi connectivity index (χ0) is 11.7. The Bertz CT molecular complexity index is 480. The summed E-state index contributed by atoms with van der Waals surface area (Å²) in [6.07, 6.45) is 3.87. The third kappa shape index (κ3) is 2.40. The maximum absolute atomic E-state index is 5.89. The fourth-order valence-corrected chi connectivity index (χ4v) is 3.02. The van der Waals surface area contributed by atoms with Crippen molar-refractivity contribution >= 4 is 11.3 Å². The lowest BCUT2D eigenvalue weighted by atomic mass is 10.1. The van der Waals surface area contributed by atoms with E-state index in [4.69, 9.17) is 10.3 Å². The minimum absolute atomic E-state index is 0.299. The Kier molecular flexibility index (Phi) is 2.94. The van der Waals surface area contributed by atoms with Crippen LogP contribution in [0.5, 0.6) is 0 Å². The van der Waals surface area contributed by atoms with Gasteiger partial charge in [-0.05, 0) is 30.7 Å². The van der Waals surface area contributed by atoms with Crippen molar-refractivity contribution in [3.63, 3.8) is 0 Å². The predicted molar refractivity (Wildman–Crippen MR) is 66.0 cm³/mol. The van der Waals surface area contributed by atoms with Gasteiger partial charge in [0.2, 0.25) is 5.89 Å². The molecule has 5 heteroatoms. The van der Waals surface area contributed by atoms with Gasteiger partial charge in [-0.1, -0.05) is 11.2 Å². The first kappa shape index (κ1) is 10.9. The fourth-order valence-electron chi connectivity index (χ4n) is 2.31. The molecule has 1 aliphatic carbocycles. The number of hydrogen-bond donors (Lipinski definition) is 1. The molecule has 2 atom stereocenters. The van der Waals surface area contributed by atoms with Crippen LogP contribution in [0.3, 0.4) is 0 Å². The highest BCUT2D eigenvalue weighted by atomic mass is 32.1. The van der Waals surface area contributed by atoms with E-state index in [1.807, 2.05) is 6.07 Å². The van der Waals surface area contributed by atoms with Gasteiger partial charge < -0.3 is 10.3 Å². The van der Waals surface area contributed by atoms with Crippen LogP contribution in [0.25, 0.3) is 0 Å². The number of thiophene rings is 1. The topological polar surface area (TPSA) is 64.9 Å². The van der Waals surface area contributed by atoms with E-state index in [0.717, 1.165) is 37.4 Å². The van der Waals surface area contributed by atoms with E-state index in [2.05, 4.69) is 21.6 Å². The van der Waals surface area contributed by atoms with Gasteiger partial charge in [-0.2, -0.15) is 4.98 Å². The first-order chi connectivity index (χ1) is 8.31. The van der Waals surface area contributed by atoms with Crippen LogP contribution in [0.2, 0.25) is 0 Å². The van der Waals surface area contributed by atoms with Crippen molar-refractivity contribution in [2.24, 2.45) is 5.73 Å². The van der Waals surface area contributed by atoms with Crippen molar-refractivity contribution in [3.05, 3.63) is 34.1 Å². The van der Waals surface area contributed by atoms with Crippen LogP contribution in [0.4, 0.5) is 0 Å². The Morgan fingerprint density at radius 3 is 3.12 bits per heavy atom. The lowest BCUT2D eigenvalue weighted by molar-refractivity contribution is 0.350. The molecule has 2 aromatic rings. The fraction of sp³-hybridized carbons (Fsp3) is 0.500. The molecule has 3 rings (SSSR count). The SMILES string of the molecule is N[C@H]1CC[C@@H](c2nc(Cc3cccs3)no2)C1. The van der Waals surface area contributed by atoms with Gasteiger partial charge in [0, 0.05) is 23.3 Å². The van der Waals surface area contributed by atoms with E-state index in [-0.39, 0.29) is 0 Å². The molecular weight excluding hydrogens is 234 g/mol. The van der Waals surface area contributed by atoms with Crippen LogP contribution in [0, 0.1) is 0 Å². The predicted octanol–water partition coefficient (Wildman–Crippen LogP) is 2.32. The normalized spacial score (nSPS) is 24.3. The molecule has 4 nitrogen and oxygen atoms in total. The highest BCUT2D eigenvalue weighted by Gasteiger charge is 2.27. The van der Waals surface area contributed by atoms with Gasteiger partial charge in [0.15, 0.2) is 5.82 Å². The lowest BCUT2D eigenvalue weighted by Crippen LogP contribution is -2.14. The Labute approximate surface area is 104 Å². The Morgan fingerprint density at radius 1 is 1.47 bits per heavy atom. The average Bonchev–Trinajstić information content (AvgIpc) is 2.99. The Hall–Kier alpha value is -1.20. The first-order valence-corrected chi connectivity index (χ1v) is 6.79. The smallest absolute Gasteiger partial charge is 0.229 e. The van der Waals surface area contributed by atoms with Gasteiger partial charge in [0.1, 0.15) is 0 Å². The first-order valence-electron chi connectivity index (χ1n) is 5.91. The second-order valence-corrected chi connectivity index (χ2v) is 5.61. The van der Waals surface area contributed by atoms with Crippen LogP contribution < -0.4 is 5.73 Å². The van der Waals surface area contributed by atoms with Crippen molar-refractivity contribution in [2.45, 2.75) is 37.6 Å². The van der Waals surface area contributed by atoms with Crippen molar-refractivity contribution < 1.29 is 4.52 Å². The number of aromatic nitrogens is 2. The van der Waals surface area contributed by atoms with Crippen molar-refractivity contribution in [2.75, 3.05) is 0 Å². The molecule has 0 bridgehead atoms. The molecule has 0 aliphatic heterocycles. The monoisotopic (exact) mass is 249 g/mol. The Morgan fingerprint density at radius 2 is 2.41 bits per heavy atom. The minimum atomic E-state index is 0.299. The zero-order valence-corrected chi connectivity index (χ0v) is 10.3. The molecule has 0 amide bonds. The molecule has 0 unspecified atom stereocenters. The second kappa shape index (κ2) is 4.58. The van der Waals surface area contributed by atoms with E-state index in [1.54, 1.807) is 11.3 Å². The molecule has 90 valence electrons. The van der Waals surface area contributed by atoms with Gasteiger partial charge in [0.25, 0.3) is 0 Å². The molecule has 0 saturated heterocycles. The molecule has 2 N–H and O–H groups in total. The van der Waals surface area contributed by atoms with Crippen LogP contribution in [-0.4, -0.2) is 16.2 Å². The molecule has 0 spiro atoms. The zero-order valence-electron chi connectivity index (χ0n) is 9.50. The van der Waals surface area contributed by atoms with E-state index < -0.39 is 0 Å². The molecular formula is C12H15N3OS. The summed E-state index contributed by atoms with van der Waals surface area (Å²) in [6, 6.07) is 4.43. The minimum Gasteiger partial charge on any atom is -0.339 e.